The lowest BCUT2D eigenvalue weighted by atomic mass is 9.96. The van der Waals surface area contributed by atoms with Gasteiger partial charge in [-0.1, -0.05) is 30.2 Å². The van der Waals surface area contributed by atoms with Crippen molar-refractivity contribution in [3.05, 3.63) is 30.3 Å². The first kappa shape index (κ1) is 18.3. The van der Waals surface area contributed by atoms with E-state index in [1.807, 2.05) is 37.3 Å². The molecule has 1 aliphatic rings. The van der Waals surface area contributed by atoms with E-state index in [9.17, 15) is 4.79 Å². The summed E-state index contributed by atoms with van der Waals surface area (Å²) in [4.78, 5) is 12.5. The van der Waals surface area contributed by atoms with Crippen molar-refractivity contribution in [1.29, 1.82) is 0 Å². The molecule has 1 amide bonds. The van der Waals surface area contributed by atoms with Crippen molar-refractivity contribution in [2.45, 2.75) is 38.6 Å². The number of para-hydroxylation sites is 1. The summed E-state index contributed by atoms with van der Waals surface area (Å²) in [5, 5.41) is 21.4. The Kier molecular flexibility index (Phi) is 6.54. The van der Waals surface area contributed by atoms with Crippen LogP contribution in [0.2, 0.25) is 0 Å². The Bertz CT molecular complexity index is 682. The molecule has 2 atom stereocenters. The van der Waals surface area contributed by atoms with Gasteiger partial charge < -0.3 is 16.0 Å². The molecule has 0 spiro atoms. The first-order valence-electron chi connectivity index (χ1n) is 9.36. The number of anilines is 1. The van der Waals surface area contributed by atoms with Crippen LogP contribution in [0.3, 0.4) is 0 Å². The fourth-order valence-corrected chi connectivity index (χ4v) is 3.22. The van der Waals surface area contributed by atoms with E-state index >= 15 is 0 Å². The van der Waals surface area contributed by atoms with Crippen LogP contribution in [-0.2, 0) is 4.79 Å². The van der Waals surface area contributed by atoms with E-state index in [-0.39, 0.29) is 11.9 Å². The summed E-state index contributed by atoms with van der Waals surface area (Å²) >= 11 is 0. The Morgan fingerprint density at radius 1 is 1.38 bits per heavy atom. The molecule has 1 aliphatic heterocycles. The Morgan fingerprint density at radius 2 is 2.23 bits per heavy atom. The van der Waals surface area contributed by atoms with Crippen molar-refractivity contribution in [3.8, 4) is 5.69 Å². The molecule has 0 radical (unpaired) electrons. The molecule has 0 aliphatic carbocycles. The maximum absolute atomic E-state index is 12.5. The van der Waals surface area contributed by atoms with E-state index in [1.165, 1.54) is 12.8 Å². The third kappa shape index (κ3) is 4.78. The number of piperidine rings is 1. The van der Waals surface area contributed by atoms with Gasteiger partial charge in [-0.05, 0) is 67.3 Å². The zero-order valence-corrected chi connectivity index (χ0v) is 15.2. The minimum Gasteiger partial charge on any atom is -0.354 e. The van der Waals surface area contributed by atoms with Crippen LogP contribution >= 0.6 is 0 Å². The second-order valence-corrected chi connectivity index (χ2v) is 6.65. The minimum atomic E-state index is -0.368. The van der Waals surface area contributed by atoms with Gasteiger partial charge in [-0.3, -0.25) is 4.79 Å². The number of carbonyl (C=O) groups excluding carboxylic acids is 1. The zero-order chi connectivity index (χ0) is 18.2. The molecule has 1 aromatic heterocycles. The topological polar surface area (TPSA) is 96.8 Å². The van der Waals surface area contributed by atoms with Gasteiger partial charge in [0.2, 0.25) is 11.9 Å². The lowest BCUT2D eigenvalue weighted by Crippen LogP contribution is -2.41. The molecule has 8 nitrogen and oxygen atoms in total. The van der Waals surface area contributed by atoms with Gasteiger partial charge in [-0.25, -0.2) is 0 Å². The normalized spacial score (nSPS) is 18.3. The van der Waals surface area contributed by atoms with Crippen molar-refractivity contribution >= 4 is 11.9 Å². The molecule has 140 valence electrons. The fraction of sp³-hybridized carbons (Fsp3) is 0.556. The predicted octanol–water partition coefficient (Wildman–Crippen LogP) is 1.36. The quantitative estimate of drug-likeness (QED) is 0.660. The molecular formula is C18H27N7O. The zero-order valence-electron chi connectivity index (χ0n) is 15.2. The molecule has 0 saturated carbocycles. The molecule has 1 fully saturated rings. The summed E-state index contributed by atoms with van der Waals surface area (Å²) < 4.78 is 1.60. The summed E-state index contributed by atoms with van der Waals surface area (Å²) in [5.74, 6) is 1.11. The van der Waals surface area contributed by atoms with Crippen LogP contribution in [0.5, 0.6) is 0 Å². The van der Waals surface area contributed by atoms with Gasteiger partial charge in [0.1, 0.15) is 6.04 Å². The third-order valence-corrected chi connectivity index (χ3v) is 4.75. The summed E-state index contributed by atoms with van der Waals surface area (Å²) in [6.07, 6.45) is 4.12. The summed E-state index contributed by atoms with van der Waals surface area (Å²) in [7, 11) is 0. The van der Waals surface area contributed by atoms with E-state index in [0.717, 1.165) is 25.2 Å². The third-order valence-electron chi connectivity index (χ3n) is 4.75. The lowest BCUT2D eigenvalue weighted by molar-refractivity contribution is -0.121. The number of aromatic nitrogens is 4. The van der Waals surface area contributed by atoms with E-state index in [0.29, 0.717) is 24.8 Å². The Balaban J connectivity index is 1.54. The van der Waals surface area contributed by atoms with Gasteiger partial charge in [0.05, 0.1) is 5.69 Å². The van der Waals surface area contributed by atoms with E-state index < -0.39 is 0 Å². The summed E-state index contributed by atoms with van der Waals surface area (Å²) in [6, 6.07) is 9.25. The molecule has 1 aromatic carbocycles. The van der Waals surface area contributed by atoms with Gasteiger partial charge in [0.25, 0.3) is 0 Å². The minimum absolute atomic E-state index is 0.0149. The highest BCUT2D eigenvalue weighted by molar-refractivity contribution is 5.84. The first-order valence-corrected chi connectivity index (χ1v) is 9.36. The molecule has 2 heterocycles. The van der Waals surface area contributed by atoms with Gasteiger partial charge in [-0.2, -0.15) is 4.68 Å². The summed E-state index contributed by atoms with van der Waals surface area (Å²) in [5.41, 5.74) is 0.847. The van der Waals surface area contributed by atoms with Crippen LogP contribution in [0.25, 0.3) is 5.69 Å². The fourth-order valence-electron chi connectivity index (χ4n) is 3.22. The van der Waals surface area contributed by atoms with Gasteiger partial charge >= 0.3 is 0 Å². The molecular weight excluding hydrogens is 330 g/mol. The molecule has 3 N–H and O–H groups in total. The van der Waals surface area contributed by atoms with E-state index in [1.54, 1.807) is 4.68 Å². The van der Waals surface area contributed by atoms with Crippen LogP contribution in [0.4, 0.5) is 5.95 Å². The molecule has 26 heavy (non-hydrogen) atoms. The highest BCUT2D eigenvalue weighted by atomic mass is 16.2. The standard InChI is InChI=1S/C18H27N7O/c1-2-16(17(26)20-12-10-14-7-6-11-19-13-14)21-18-22-23-24-25(18)15-8-4-3-5-9-15/h3-5,8-9,14,16,19H,2,6-7,10-13H2,1H3,(H,20,26)(H,21,22,24). The van der Waals surface area contributed by atoms with Gasteiger partial charge in [-0.15, -0.1) is 0 Å². The molecule has 2 aromatic rings. The SMILES string of the molecule is CCC(Nc1nnnn1-c1ccccc1)C(=O)NCCC1CCCNC1. The number of benzene rings is 1. The smallest absolute Gasteiger partial charge is 0.248 e. The van der Waals surface area contributed by atoms with Gasteiger partial charge in [0.15, 0.2) is 0 Å². The number of amides is 1. The second kappa shape index (κ2) is 9.28. The van der Waals surface area contributed by atoms with E-state index in [2.05, 4.69) is 31.5 Å². The van der Waals surface area contributed by atoms with Crippen molar-refractivity contribution in [2.24, 2.45) is 5.92 Å². The average molecular weight is 357 g/mol. The van der Waals surface area contributed by atoms with Crippen LogP contribution in [0.15, 0.2) is 30.3 Å². The van der Waals surface area contributed by atoms with Crippen molar-refractivity contribution < 1.29 is 4.79 Å². The van der Waals surface area contributed by atoms with Crippen molar-refractivity contribution in [3.63, 3.8) is 0 Å². The highest BCUT2D eigenvalue weighted by Gasteiger charge is 2.20. The first-order chi connectivity index (χ1) is 12.8. The number of hydrogen-bond acceptors (Lipinski definition) is 6. The lowest BCUT2D eigenvalue weighted by Gasteiger charge is -2.23. The Morgan fingerprint density at radius 3 is 2.96 bits per heavy atom. The monoisotopic (exact) mass is 357 g/mol. The number of rotatable bonds is 8. The average Bonchev–Trinajstić information content (AvgIpc) is 3.15. The van der Waals surface area contributed by atoms with Crippen LogP contribution < -0.4 is 16.0 Å². The molecule has 0 bridgehead atoms. The number of nitrogens with one attached hydrogen (secondary N) is 3. The number of tetrazole rings is 1. The highest BCUT2D eigenvalue weighted by Crippen LogP contribution is 2.14. The largest absolute Gasteiger partial charge is 0.354 e. The van der Waals surface area contributed by atoms with Crippen molar-refractivity contribution in [1.82, 2.24) is 30.8 Å². The Hall–Kier alpha value is -2.48. The molecule has 3 rings (SSSR count). The molecule has 1 saturated heterocycles. The Labute approximate surface area is 153 Å². The van der Waals surface area contributed by atoms with Crippen LogP contribution in [-0.4, -0.2) is 51.8 Å². The van der Waals surface area contributed by atoms with Gasteiger partial charge in [0, 0.05) is 6.54 Å². The number of nitrogens with zero attached hydrogens (tertiary/aromatic N) is 4. The van der Waals surface area contributed by atoms with Crippen LogP contribution in [0.1, 0.15) is 32.6 Å². The van der Waals surface area contributed by atoms with Crippen LogP contribution in [0, 0.1) is 5.92 Å². The summed E-state index contributed by atoms with van der Waals surface area (Å²) in [6.45, 7) is 4.84. The number of carbonyl (C=O) groups is 1. The van der Waals surface area contributed by atoms with Crippen molar-refractivity contribution in [2.75, 3.05) is 25.0 Å². The second-order valence-electron chi connectivity index (χ2n) is 6.65. The van der Waals surface area contributed by atoms with E-state index in [4.69, 9.17) is 0 Å². The molecule has 2 unspecified atom stereocenters. The maximum atomic E-state index is 12.5. The molecule has 8 heteroatoms. The number of hydrogen-bond donors (Lipinski definition) is 3. The predicted molar refractivity (Wildman–Crippen MR) is 100 cm³/mol. The maximum Gasteiger partial charge on any atom is 0.248 e.